The molecule has 28 heteroatoms. The number of ketones is 2. The number of rotatable bonds is 17. The molecule has 4 saturated carbocycles. The topological polar surface area (TPSA) is 419 Å². The number of nitrogens with one attached hydrogen (secondary N) is 2. The summed E-state index contributed by atoms with van der Waals surface area (Å²) in [6.07, 6.45) is -19.1. The first-order valence-corrected chi connectivity index (χ1v) is 39.2. The van der Waals surface area contributed by atoms with Crippen molar-refractivity contribution >= 4 is 59.4 Å². The second-order valence-corrected chi connectivity index (χ2v) is 34.7. The van der Waals surface area contributed by atoms with Crippen LogP contribution in [0.1, 0.15) is 177 Å². The van der Waals surface area contributed by atoms with Gasteiger partial charge in [-0.25, -0.2) is 24.0 Å². The molecule has 2 saturated heterocycles. The van der Waals surface area contributed by atoms with E-state index in [-0.39, 0.29) is 48.3 Å². The third kappa shape index (κ3) is 15.0. The summed E-state index contributed by atoms with van der Waals surface area (Å²) in [5, 5.41) is 91.6. The van der Waals surface area contributed by atoms with Crippen molar-refractivity contribution in [2.24, 2.45) is 39.4 Å². The van der Waals surface area contributed by atoms with E-state index < -0.39 is 219 Å². The second kappa shape index (κ2) is 32.1. The van der Waals surface area contributed by atoms with Crippen molar-refractivity contribution in [1.29, 1.82) is 0 Å². The van der Waals surface area contributed by atoms with Gasteiger partial charge in [0.15, 0.2) is 29.2 Å². The Kier molecular flexibility index (Phi) is 23.7. The van der Waals surface area contributed by atoms with Gasteiger partial charge in [-0.05, 0) is 118 Å². The lowest BCUT2D eigenvalue weighted by molar-refractivity contribution is -0.346. The molecule has 0 aromatic heterocycles. The molecule has 0 unspecified atom stereocenters. The predicted octanol–water partition coefficient (Wildman–Crippen LogP) is 7.70. The third-order valence-electron chi connectivity index (χ3n) is 26.1. The monoisotopic (exact) mass is 1620 g/mol. The smallest absolute Gasteiger partial charge is 0.408 e. The second-order valence-electron chi connectivity index (χ2n) is 34.7. The minimum atomic E-state index is -2.35. The van der Waals surface area contributed by atoms with E-state index in [1.165, 1.54) is 45.0 Å². The van der Waals surface area contributed by atoms with Gasteiger partial charge in [0, 0.05) is 61.8 Å². The van der Waals surface area contributed by atoms with Crippen molar-refractivity contribution in [1.82, 2.24) is 10.6 Å². The first kappa shape index (κ1) is 86.5. The van der Waals surface area contributed by atoms with Crippen LogP contribution in [-0.2, 0) is 71.4 Å². The third-order valence-corrected chi connectivity index (χ3v) is 26.1. The molecule has 13 rings (SSSR count). The minimum Gasteiger partial charge on any atom is -0.456 e. The number of carbonyl (C=O) groups is 10. The summed E-state index contributed by atoms with van der Waals surface area (Å²) in [5.74, 6) is -11.4. The van der Waals surface area contributed by atoms with E-state index in [0.29, 0.717) is 27.8 Å². The Morgan fingerprint density at radius 1 is 0.496 bits per heavy atom. The van der Waals surface area contributed by atoms with Gasteiger partial charge >= 0.3 is 41.9 Å². The fourth-order valence-electron chi connectivity index (χ4n) is 20.0. The molecule has 117 heavy (non-hydrogen) atoms. The summed E-state index contributed by atoms with van der Waals surface area (Å²) < 4.78 is 54.0. The highest BCUT2D eigenvalue weighted by atomic mass is 16.6. The zero-order valence-corrected chi connectivity index (χ0v) is 67.8. The van der Waals surface area contributed by atoms with Gasteiger partial charge in [-0.2, -0.15) is 0 Å². The zero-order chi connectivity index (χ0) is 85.4. The highest BCUT2D eigenvalue weighted by molar-refractivity contribution is 5.96. The summed E-state index contributed by atoms with van der Waals surface area (Å²) in [4.78, 5) is 139. The molecule has 0 radical (unpaired) electrons. The molecule has 2 heterocycles. The van der Waals surface area contributed by atoms with Crippen LogP contribution in [0, 0.1) is 39.4 Å². The van der Waals surface area contributed by atoms with Crippen LogP contribution in [0.15, 0.2) is 174 Å². The number of alkyl carbamates (subject to hydrolysis) is 1. The van der Waals surface area contributed by atoms with Crippen LogP contribution in [0.5, 0.6) is 0 Å². The maximum atomic E-state index is 15.2. The Morgan fingerprint density at radius 2 is 0.846 bits per heavy atom. The average molecular weight is 1620 g/mol. The van der Waals surface area contributed by atoms with Crippen molar-refractivity contribution in [2.45, 2.75) is 230 Å². The van der Waals surface area contributed by atoms with Crippen molar-refractivity contribution < 1.29 is 126 Å². The molecule has 22 atom stereocenters. The summed E-state index contributed by atoms with van der Waals surface area (Å²) in [6, 6.07) is 38.2. The molecular formula is C89H104N2O26. The number of benzene rings is 5. The molecule has 9 N–H and O–H groups in total. The molecule has 6 fully saturated rings. The predicted molar refractivity (Wildman–Crippen MR) is 415 cm³/mol. The lowest BCUT2D eigenvalue weighted by Gasteiger charge is -2.67. The summed E-state index contributed by atoms with van der Waals surface area (Å²) in [7, 11) is 0. The van der Waals surface area contributed by atoms with Crippen molar-refractivity contribution in [3.8, 4) is 0 Å². The lowest BCUT2D eigenvalue weighted by Crippen LogP contribution is -2.81. The summed E-state index contributed by atoms with van der Waals surface area (Å²) in [5.41, 5.74) is -13.4. The lowest BCUT2D eigenvalue weighted by atomic mass is 9.43. The van der Waals surface area contributed by atoms with Crippen LogP contribution in [-0.4, -0.2) is 203 Å². The van der Waals surface area contributed by atoms with E-state index in [2.05, 4.69) is 10.6 Å². The Morgan fingerprint density at radius 3 is 1.21 bits per heavy atom. The van der Waals surface area contributed by atoms with E-state index in [0.717, 1.165) is 6.92 Å². The maximum Gasteiger partial charge on any atom is 0.408 e. The Bertz CT molecular complexity index is 4720. The van der Waals surface area contributed by atoms with Crippen LogP contribution in [0.4, 0.5) is 4.79 Å². The van der Waals surface area contributed by atoms with Gasteiger partial charge in [0.25, 0.3) is 5.91 Å². The number of aliphatic hydroxyl groups excluding tert-OH is 5. The summed E-state index contributed by atoms with van der Waals surface area (Å²) >= 11 is 0. The number of hydrogen-bond donors (Lipinski definition) is 9. The van der Waals surface area contributed by atoms with Crippen LogP contribution >= 0.6 is 0 Å². The first-order chi connectivity index (χ1) is 54.9. The number of carbonyl (C=O) groups excluding carboxylic acids is 10. The Hall–Kier alpha value is -9.88. The van der Waals surface area contributed by atoms with E-state index in [1.807, 2.05) is 0 Å². The first-order valence-electron chi connectivity index (χ1n) is 39.2. The largest absolute Gasteiger partial charge is 0.456 e. The van der Waals surface area contributed by atoms with Gasteiger partial charge in [-0.3, -0.25) is 24.0 Å². The van der Waals surface area contributed by atoms with E-state index in [4.69, 9.17) is 42.6 Å². The number of fused-ring (bicyclic) bond motifs is 10. The van der Waals surface area contributed by atoms with Crippen LogP contribution in [0.25, 0.3) is 0 Å². The van der Waals surface area contributed by atoms with Gasteiger partial charge in [0.2, 0.25) is 0 Å². The van der Waals surface area contributed by atoms with Crippen molar-refractivity contribution in [2.75, 3.05) is 13.2 Å². The standard InChI is InChI=1S/C46H51NO12.C43H53NO14/c1-25-31(57-42(54)36(50)35(28-16-10-7-11-17-28)47-40(52)29-18-12-8-13-19-29)23-46(55)39(58-41(53)30-20-14-9-15-21-30)37-44(6,38(51)26(2)34(25)43(46,4)5)32(49)22-33-45(37,24-56-33)59-27(3)48;1-22-26(55-37(51)32(48)30(24-15-11-9-12-16-24)44-38(52)58-39(3,4)5)20-43(53)35(56-36(50)25-17-13-10-14-18-25)33-41(8,34(49)31(47)29(22)40(43,6)7)27(46)19-28-42(33,21-54-28)57-23(2)45/h7-21,26,31-33,35-37,39,49-50,55H,22-24H2,1-6H3,(H,47,52);9-18,26-28,30-33,35,46-48,53H,19-21H2,1-8H3,(H,44,52)/t26-,31+,32+,33-,35+,36-,37+,39+,44-,45+,46-;26-,27-,28+,30-,31+,32+,33-,35-,41+,42-,43+/m10/s1. The molecular weight excluding hydrogens is 1510 g/mol. The summed E-state index contributed by atoms with van der Waals surface area (Å²) in [6.45, 7) is 21.1. The van der Waals surface area contributed by atoms with Crippen molar-refractivity contribution in [3.05, 3.63) is 202 Å². The van der Waals surface area contributed by atoms with Crippen LogP contribution < -0.4 is 10.6 Å². The molecule has 28 nitrogen and oxygen atoms in total. The SMILES string of the molecule is CC(=O)O[C@@]12CO[C@@H]1C[C@H](O)[C@@]1(C)C(=O)[C@H](C)C3=C(C)[C@@H](OC(=O)[C@H](O)[C@@H](NC(=O)c4ccccc4)c4ccccc4)C[C@@](O)([C@@H](OC(=O)c4ccccc4)[C@H]21)C3(C)C.CC(=O)O[C@@]12CO[C@@H]1C[C@H](O)[C@@]1(C)C(=O)[C@H](O)C3=C(C)[C@@H](OC(=O)[C@H](O)[C@@H](NC(=O)OC(C)(C)C)c4ccccc4)C[C@@](O)([C@@H](OC(=O)c4ccccc4)[C@H]21)C3(C)C. The fourth-order valence-corrected chi connectivity index (χ4v) is 20.0. The number of Topliss-reactive ketones (excluding diaryl/α,β-unsaturated/α-hetero) is 2. The minimum absolute atomic E-state index is 0.0637. The van der Waals surface area contributed by atoms with Gasteiger partial charge < -0.3 is 89.0 Å². The van der Waals surface area contributed by atoms with Crippen molar-refractivity contribution in [3.63, 3.8) is 0 Å². The molecule has 5 aromatic carbocycles. The maximum absolute atomic E-state index is 15.2. The molecule has 5 aromatic rings. The van der Waals surface area contributed by atoms with E-state index in [9.17, 15) is 78.9 Å². The number of hydrogen-bond acceptors (Lipinski definition) is 26. The molecule has 626 valence electrons. The molecule has 2 aliphatic heterocycles. The van der Waals surface area contributed by atoms with Gasteiger partial charge in [-0.1, -0.05) is 150 Å². The van der Waals surface area contributed by atoms with Gasteiger partial charge in [0.05, 0.1) is 71.3 Å². The quantitative estimate of drug-likeness (QED) is 0.0244. The Labute approximate surface area is 677 Å². The highest BCUT2D eigenvalue weighted by Gasteiger charge is 2.80. The molecule has 4 bridgehead atoms. The van der Waals surface area contributed by atoms with Gasteiger partial charge in [0.1, 0.15) is 65.3 Å². The number of ether oxygens (including phenoxy) is 9. The zero-order valence-electron chi connectivity index (χ0n) is 67.8. The molecule has 2 amide bonds. The number of amides is 2. The number of esters is 6. The van der Waals surface area contributed by atoms with E-state index in [1.54, 1.807) is 197 Å². The molecule has 0 spiro atoms. The van der Waals surface area contributed by atoms with Gasteiger partial charge in [-0.15, -0.1) is 0 Å². The van der Waals surface area contributed by atoms with Crippen LogP contribution in [0.2, 0.25) is 0 Å². The Balaban J connectivity index is 0.000000215. The number of aliphatic hydroxyl groups is 7. The van der Waals surface area contributed by atoms with Crippen LogP contribution in [0.3, 0.4) is 0 Å². The molecule has 6 aliphatic carbocycles. The normalized spacial score (nSPS) is 33.3. The molecule has 8 aliphatic rings. The fraction of sp³-hybridized carbons (Fsp3) is 0.506. The average Bonchev–Trinajstić information content (AvgIpc) is 0.673. The van der Waals surface area contributed by atoms with E-state index >= 15 is 4.79 Å². The highest BCUT2D eigenvalue weighted by Crippen LogP contribution is 2.67.